The van der Waals surface area contributed by atoms with E-state index in [1.165, 1.54) is 38.5 Å². The summed E-state index contributed by atoms with van der Waals surface area (Å²) in [5.74, 6) is 0. The molecule has 0 saturated carbocycles. The Kier molecular flexibility index (Phi) is 10.8. The molecule has 19 heavy (non-hydrogen) atoms. The van der Waals surface area contributed by atoms with Gasteiger partial charge in [-0.25, -0.2) is 0 Å². The number of hydrogen-bond acceptors (Lipinski definition) is 4. The normalized spacial score (nSPS) is 16.5. The van der Waals surface area contributed by atoms with Crippen LogP contribution in [-0.4, -0.2) is 37.8 Å². The highest BCUT2D eigenvalue weighted by Gasteiger charge is 2.14. The molecule has 0 amide bonds. The molecule has 4 nitrogen and oxygen atoms in total. The van der Waals surface area contributed by atoms with Gasteiger partial charge in [0.2, 0.25) is 0 Å². The Morgan fingerprint density at radius 3 is 2.42 bits per heavy atom. The molecule has 0 unspecified atom stereocenters. The first-order valence-corrected chi connectivity index (χ1v) is 7.54. The van der Waals surface area contributed by atoms with E-state index in [0.717, 1.165) is 26.1 Å². The number of hydrogen-bond donors (Lipinski definition) is 1. The van der Waals surface area contributed by atoms with Crippen molar-refractivity contribution in [3.63, 3.8) is 0 Å². The fourth-order valence-electron chi connectivity index (χ4n) is 2.11. The molecule has 0 bridgehead atoms. The minimum atomic E-state index is 0.0732. The smallest absolute Gasteiger partial charge is 0.157 e. The molecule has 112 valence electrons. The van der Waals surface area contributed by atoms with Gasteiger partial charge in [0.1, 0.15) is 6.61 Å². The predicted octanol–water partition coefficient (Wildman–Crippen LogP) is 3.00. The van der Waals surface area contributed by atoms with Gasteiger partial charge in [0.05, 0.1) is 26.1 Å². The maximum absolute atomic E-state index is 8.50. The van der Waals surface area contributed by atoms with E-state index in [9.17, 15) is 0 Å². The van der Waals surface area contributed by atoms with E-state index in [2.05, 4.69) is 0 Å². The molecule has 0 aromatic carbocycles. The van der Waals surface area contributed by atoms with E-state index in [-0.39, 0.29) is 12.9 Å². The van der Waals surface area contributed by atoms with Crippen LogP contribution >= 0.6 is 0 Å². The molecule has 1 fully saturated rings. The van der Waals surface area contributed by atoms with Gasteiger partial charge in [-0.2, -0.15) is 0 Å². The predicted molar refractivity (Wildman–Crippen MR) is 74.8 cm³/mol. The molecule has 1 N–H and O–H groups in total. The van der Waals surface area contributed by atoms with Crippen LogP contribution < -0.4 is 0 Å². The van der Waals surface area contributed by atoms with Gasteiger partial charge in [-0.3, -0.25) is 0 Å². The van der Waals surface area contributed by atoms with Gasteiger partial charge in [0, 0.05) is 0 Å². The summed E-state index contributed by atoms with van der Waals surface area (Å²) in [6, 6.07) is 0. The van der Waals surface area contributed by atoms with Gasteiger partial charge in [-0.15, -0.1) is 0 Å². The minimum Gasteiger partial charge on any atom is -0.499 e. The van der Waals surface area contributed by atoms with Crippen LogP contribution in [0.2, 0.25) is 0 Å². The van der Waals surface area contributed by atoms with Crippen molar-refractivity contribution in [2.75, 3.05) is 26.4 Å². The second-order valence-corrected chi connectivity index (χ2v) is 4.84. The van der Waals surface area contributed by atoms with E-state index in [0.29, 0.717) is 6.61 Å². The zero-order valence-corrected chi connectivity index (χ0v) is 11.9. The lowest BCUT2D eigenvalue weighted by atomic mass is 10.1. The molecular weight excluding hydrogens is 244 g/mol. The molecule has 0 atom stereocenters. The van der Waals surface area contributed by atoms with E-state index >= 15 is 0 Å². The molecule has 1 heterocycles. The molecule has 0 aromatic heterocycles. The van der Waals surface area contributed by atoms with Crippen molar-refractivity contribution in [1.82, 2.24) is 0 Å². The number of rotatable bonds is 12. The monoisotopic (exact) mass is 272 g/mol. The quantitative estimate of drug-likeness (QED) is 0.438. The Bertz CT molecular complexity index is 212. The van der Waals surface area contributed by atoms with Gasteiger partial charge in [-0.05, 0) is 31.8 Å². The first-order chi connectivity index (χ1) is 9.43. The Morgan fingerprint density at radius 1 is 1.00 bits per heavy atom. The van der Waals surface area contributed by atoms with Gasteiger partial charge >= 0.3 is 0 Å². The van der Waals surface area contributed by atoms with Crippen LogP contribution in [0.4, 0.5) is 0 Å². The molecule has 1 aliphatic heterocycles. The van der Waals surface area contributed by atoms with Crippen LogP contribution in [0.1, 0.15) is 51.4 Å². The summed E-state index contributed by atoms with van der Waals surface area (Å²) >= 11 is 0. The molecule has 4 heteroatoms. The summed E-state index contributed by atoms with van der Waals surface area (Å²) in [5, 5.41) is 8.50. The second-order valence-electron chi connectivity index (χ2n) is 4.84. The molecule has 0 spiro atoms. The molecular formula is C15H28O4. The Morgan fingerprint density at radius 2 is 1.68 bits per heavy atom. The third kappa shape index (κ3) is 9.93. The van der Waals surface area contributed by atoms with Crippen molar-refractivity contribution in [3.8, 4) is 0 Å². The Hall–Kier alpha value is -0.580. The summed E-state index contributed by atoms with van der Waals surface area (Å²) in [5.41, 5.74) is 0. The molecule has 0 aromatic rings. The Balaban J connectivity index is 1.72. The summed E-state index contributed by atoms with van der Waals surface area (Å²) in [6.45, 7) is 2.01. The third-order valence-corrected chi connectivity index (χ3v) is 3.15. The lowest BCUT2D eigenvalue weighted by Crippen LogP contribution is -2.06. The third-order valence-electron chi connectivity index (χ3n) is 3.15. The van der Waals surface area contributed by atoms with Crippen LogP contribution in [0.15, 0.2) is 12.3 Å². The average molecular weight is 272 g/mol. The van der Waals surface area contributed by atoms with Gasteiger partial charge in [0.25, 0.3) is 0 Å². The molecule has 0 aliphatic carbocycles. The van der Waals surface area contributed by atoms with Gasteiger partial charge < -0.3 is 19.3 Å². The zero-order chi connectivity index (χ0) is 13.6. The van der Waals surface area contributed by atoms with Crippen molar-refractivity contribution in [3.05, 3.63) is 12.3 Å². The van der Waals surface area contributed by atoms with Gasteiger partial charge in [0.15, 0.2) is 6.29 Å². The number of unbranched alkanes of at least 4 members (excludes halogenated alkanes) is 6. The lowest BCUT2D eigenvalue weighted by Gasteiger charge is -2.07. The summed E-state index contributed by atoms with van der Waals surface area (Å²) in [4.78, 5) is 0. The van der Waals surface area contributed by atoms with E-state index in [1.54, 1.807) is 6.26 Å². The topological polar surface area (TPSA) is 47.9 Å². The van der Waals surface area contributed by atoms with Crippen molar-refractivity contribution in [2.24, 2.45) is 0 Å². The highest BCUT2D eigenvalue weighted by molar-refractivity contribution is 4.73. The van der Waals surface area contributed by atoms with Crippen molar-refractivity contribution >= 4 is 0 Å². The number of ether oxygens (including phenoxy) is 3. The van der Waals surface area contributed by atoms with E-state index in [4.69, 9.17) is 19.3 Å². The van der Waals surface area contributed by atoms with Crippen molar-refractivity contribution in [2.45, 2.75) is 57.7 Å². The molecule has 0 radical (unpaired) electrons. The maximum Gasteiger partial charge on any atom is 0.157 e. The molecule has 1 rings (SSSR count). The second kappa shape index (κ2) is 12.5. The maximum atomic E-state index is 8.50. The molecule has 1 aliphatic rings. The summed E-state index contributed by atoms with van der Waals surface area (Å²) in [6.07, 6.45) is 13.5. The van der Waals surface area contributed by atoms with Gasteiger partial charge in [-0.1, -0.05) is 25.7 Å². The van der Waals surface area contributed by atoms with Crippen LogP contribution in [-0.2, 0) is 14.2 Å². The van der Waals surface area contributed by atoms with Crippen molar-refractivity contribution < 1.29 is 19.3 Å². The fourth-order valence-corrected chi connectivity index (χ4v) is 2.11. The van der Waals surface area contributed by atoms with E-state index in [1.807, 2.05) is 6.08 Å². The SMILES string of the molecule is OCCO/C=C/CCCCCCCCC1OCCO1. The number of aliphatic hydroxyl groups excluding tert-OH is 1. The van der Waals surface area contributed by atoms with Crippen LogP contribution in [0, 0.1) is 0 Å². The van der Waals surface area contributed by atoms with Crippen LogP contribution in [0.25, 0.3) is 0 Å². The largest absolute Gasteiger partial charge is 0.499 e. The number of allylic oxidation sites excluding steroid dienone is 1. The summed E-state index contributed by atoms with van der Waals surface area (Å²) in [7, 11) is 0. The Labute approximate surface area is 116 Å². The average Bonchev–Trinajstić information content (AvgIpc) is 2.93. The molecule has 1 saturated heterocycles. The zero-order valence-electron chi connectivity index (χ0n) is 11.9. The van der Waals surface area contributed by atoms with Crippen LogP contribution in [0.3, 0.4) is 0 Å². The van der Waals surface area contributed by atoms with Crippen molar-refractivity contribution in [1.29, 1.82) is 0 Å². The first-order valence-electron chi connectivity index (χ1n) is 7.54. The van der Waals surface area contributed by atoms with Crippen LogP contribution in [0.5, 0.6) is 0 Å². The minimum absolute atomic E-state index is 0.0732. The lowest BCUT2D eigenvalue weighted by molar-refractivity contribution is -0.0480. The number of aliphatic hydroxyl groups is 1. The fraction of sp³-hybridized carbons (Fsp3) is 0.867. The van der Waals surface area contributed by atoms with E-state index < -0.39 is 0 Å². The highest BCUT2D eigenvalue weighted by Crippen LogP contribution is 2.14. The first kappa shape index (κ1) is 16.5. The highest BCUT2D eigenvalue weighted by atomic mass is 16.7. The summed E-state index contributed by atoms with van der Waals surface area (Å²) < 4.78 is 15.8. The standard InChI is InChI=1S/C15H28O4/c16-10-12-17-11-8-6-4-2-1-3-5-7-9-15-18-13-14-19-15/h8,11,15-16H,1-7,9-10,12-14H2/b11-8+.